The molecular formula is C31H34N6O3S. The van der Waals surface area contributed by atoms with Gasteiger partial charge in [0.05, 0.1) is 30.4 Å². The van der Waals surface area contributed by atoms with Gasteiger partial charge in [-0.25, -0.2) is 4.79 Å². The average Bonchev–Trinajstić information content (AvgIpc) is 3.20. The molecule has 2 aromatic carbocycles. The first-order valence-electron chi connectivity index (χ1n) is 14.1. The van der Waals surface area contributed by atoms with E-state index in [4.69, 9.17) is 9.72 Å². The SMILES string of the molecule is C=CC(=O)N1[C@H](C)CN(c2nc(=O)n3c4c(c(-c5cccc6cnn(C)c56)c(C)cc24)SCC2(COC2)C3)C[C@@H]1C. The first kappa shape index (κ1) is 26.3. The first-order chi connectivity index (χ1) is 19.7. The van der Waals surface area contributed by atoms with Gasteiger partial charge in [0.1, 0.15) is 5.82 Å². The molecule has 0 aliphatic carbocycles. The van der Waals surface area contributed by atoms with Crippen LogP contribution in [-0.2, 0) is 23.1 Å². The van der Waals surface area contributed by atoms with Crippen molar-refractivity contribution in [1.29, 1.82) is 0 Å². The molecule has 0 bridgehead atoms. The summed E-state index contributed by atoms with van der Waals surface area (Å²) in [5, 5.41) is 6.60. The molecule has 3 aliphatic rings. The summed E-state index contributed by atoms with van der Waals surface area (Å²) in [5.41, 5.74) is 5.08. The van der Waals surface area contributed by atoms with Crippen LogP contribution in [0.2, 0.25) is 0 Å². The molecule has 2 fully saturated rings. The summed E-state index contributed by atoms with van der Waals surface area (Å²) >= 11 is 1.83. The lowest BCUT2D eigenvalue weighted by molar-refractivity contribution is -0.130. The number of aryl methyl sites for hydroxylation is 2. The molecule has 41 heavy (non-hydrogen) atoms. The molecule has 2 aromatic heterocycles. The Bertz CT molecular complexity index is 1790. The van der Waals surface area contributed by atoms with Crippen molar-refractivity contribution in [3.63, 3.8) is 0 Å². The van der Waals surface area contributed by atoms with Crippen LogP contribution in [0.4, 0.5) is 5.82 Å². The summed E-state index contributed by atoms with van der Waals surface area (Å²) in [6.45, 7) is 13.0. The number of thioether (sulfide) groups is 1. The second-order valence-corrected chi connectivity index (χ2v) is 12.9. The molecule has 3 aliphatic heterocycles. The highest BCUT2D eigenvalue weighted by molar-refractivity contribution is 7.99. The second kappa shape index (κ2) is 9.46. The van der Waals surface area contributed by atoms with Crippen molar-refractivity contribution in [2.24, 2.45) is 12.5 Å². The van der Waals surface area contributed by atoms with Crippen molar-refractivity contribution >= 4 is 45.3 Å². The lowest BCUT2D eigenvalue weighted by atomic mass is 9.88. The van der Waals surface area contributed by atoms with Crippen molar-refractivity contribution < 1.29 is 9.53 Å². The van der Waals surface area contributed by atoms with Crippen LogP contribution in [0.5, 0.6) is 0 Å². The number of nitrogens with zero attached hydrogens (tertiary/aromatic N) is 6. The molecule has 9 nitrogen and oxygen atoms in total. The van der Waals surface area contributed by atoms with Gasteiger partial charge in [0.25, 0.3) is 0 Å². The van der Waals surface area contributed by atoms with Crippen LogP contribution in [0, 0.1) is 12.3 Å². The first-order valence-corrected chi connectivity index (χ1v) is 15.1. The number of carbonyl (C=O) groups excluding carboxylic acids is 1. The van der Waals surface area contributed by atoms with Gasteiger partial charge in [-0.05, 0) is 38.5 Å². The predicted molar refractivity (Wildman–Crippen MR) is 163 cm³/mol. The van der Waals surface area contributed by atoms with Crippen LogP contribution in [0.1, 0.15) is 19.4 Å². The summed E-state index contributed by atoms with van der Waals surface area (Å²) in [6.07, 6.45) is 3.28. The van der Waals surface area contributed by atoms with Gasteiger partial charge in [-0.2, -0.15) is 10.1 Å². The number of anilines is 1. The molecule has 0 radical (unpaired) electrons. The van der Waals surface area contributed by atoms with Crippen LogP contribution in [0.15, 0.2) is 52.8 Å². The molecule has 0 unspecified atom stereocenters. The predicted octanol–water partition coefficient (Wildman–Crippen LogP) is 3.99. The summed E-state index contributed by atoms with van der Waals surface area (Å²) in [6, 6.07) is 8.43. The number of para-hydroxylation sites is 1. The second-order valence-electron chi connectivity index (χ2n) is 11.9. The third kappa shape index (κ3) is 3.94. The van der Waals surface area contributed by atoms with Crippen LogP contribution >= 0.6 is 11.8 Å². The van der Waals surface area contributed by atoms with E-state index in [9.17, 15) is 9.59 Å². The fourth-order valence-corrected chi connectivity index (χ4v) is 8.51. The van der Waals surface area contributed by atoms with Gasteiger partial charge in [0, 0.05) is 76.7 Å². The smallest absolute Gasteiger partial charge is 0.350 e. The molecule has 5 heterocycles. The number of fused-ring (bicyclic) bond motifs is 1. The quantitative estimate of drug-likeness (QED) is 0.345. The Hall–Kier alpha value is -3.63. The van der Waals surface area contributed by atoms with Crippen LogP contribution in [0.25, 0.3) is 32.9 Å². The largest absolute Gasteiger partial charge is 0.380 e. The number of amides is 1. The summed E-state index contributed by atoms with van der Waals surface area (Å²) in [5.74, 6) is 1.49. The number of benzene rings is 2. The molecule has 4 aromatic rings. The minimum Gasteiger partial charge on any atom is -0.380 e. The Morgan fingerprint density at radius 2 is 1.95 bits per heavy atom. The number of hydrogen-bond donors (Lipinski definition) is 0. The maximum Gasteiger partial charge on any atom is 0.350 e. The number of hydrogen-bond acceptors (Lipinski definition) is 7. The van der Waals surface area contributed by atoms with E-state index in [-0.39, 0.29) is 29.1 Å². The van der Waals surface area contributed by atoms with E-state index in [1.54, 1.807) is 0 Å². The Labute approximate surface area is 242 Å². The highest BCUT2D eigenvalue weighted by Crippen LogP contribution is 2.48. The standard InChI is InChI=1S/C31H34N6O3S/c1-6-24(38)37-19(3)12-35(13-20(37)4)29-23-10-18(2)25(22-9-7-8-21-11-32-34(5)26(21)22)28-27(23)36(30(39)33-29)14-31(17-41-28)15-40-16-31/h6-11,19-20H,1,12-17H2,2-5H3/t19-,20+. The maximum atomic E-state index is 13.9. The van der Waals surface area contributed by atoms with Gasteiger partial charge >= 0.3 is 5.69 Å². The van der Waals surface area contributed by atoms with Crippen molar-refractivity contribution in [3.05, 3.63) is 59.2 Å². The number of carbonyl (C=O) groups is 1. The van der Waals surface area contributed by atoms with Crippen molar-refractivity contribution in [2.45, 2.75) is 44.3 Å². The molecule has 2 saturated heterocycles. The summed E-state index contributed by atoms with van der Waals surface area (Å²) in [4.78, 5) is 36.4. The molecule has 0 N–H and O–H groups in total. The Kier molecular flexibility index (Phi) is 6.06. The molecular weight excluding hydrogens is 536 g/mol. The van der Waals surface area contributed by atoms with Gasteiger partial charge in [-0.15, -0.1) is 11.8 Å². The number of piperazine rings is 1. The highest BCUT2D eigenvalue weighted by Gasteiger charge is 2.43. The monoisotopic (exact) mass is 570 g/mol. The molecule has 7 rings (SSSR count). The van der Waals surface area contributed by atoms with Crippen LogP contribution < -0.4 is 10.6 Å². The van der Waals surface area contributed by atoms with Crippen LogP contribution in [0.3, 0.4) is 0 Å². The van der Waals surface area contributed by atoms with Crippen molar-refractivity contribution in [3.8, 4) is 11.1 Å². The molecule has 10 heteroatoms. The topological polar surface area (TPSA) is 85.5 Å². The van der Waals surface area contributed by atoms with E-state index in [2.05, 4.69) is 47.8 Å². The Morgan fingerprint density at radius 3 is 2.63 bits per heavy atom. The lowest BCUT2D eigenvalue weighted by Crippen LogP contribution is -2.58. The average molecular weight is 571 g/mol. The minimum atomic E-state index is -0.235. The number of rotatable bonds is 3. The number of aromatic nitrogens is 4. The fourth-order valence-electron chi connectivity index (χ4n) is 7.03. The number of ether oxygens (including phenoxy) is 1. The van der Waals surface area contributed by atoms with E-state index in [0.717, 1.165) is 49.1 Å². The van der Waals surface area contributed by atoms with E-state index >= 15 is 0 Å². The van der Waals surface area contributed by atoms with Gasteiger partial charge < -0.3 is 14.5 Å². The van der Waals surface area contributed by atoms with E-state index < -0.39 is 0 Å². The molecule has 1 amide bonds. The van der Waals surface area contributed by atoms with Gasteiger partial charge in [-0.3, -0.25) is 14.0 Å². The van der Waals surface area contributed by atoms with Gasteiger partial charge in [0.15, 0.2) is 0 Å². The molecule has 0 saturated carbocycles. The Balaban J connectivity index is 1.47. The molecule has 212 valence electrons. The van der Waals surface area contributed by atoms with Crippen molar-refractivity contribution in [2.75, 3.05) is 37.0 Å². The van der Waals surface area contributed by atoms with E-state index in [1.807, 2.05) is 53.0 Å². The lowest BCUT2D eigenvalue weighted by Gasteiger charge is -2.44. The molecule has 1 spiro atoms. The zero-order valence-corrected chi connectivity index (χ0v) is 24.7. The molecule has 2 atom stereocenters. The van der Waals surface area contributed by atoms with Crippen LogP contribution in [-0.4, -0.2) is 74.3 Å². The van der Waals surface area contributed by atoms with E-state index in [0.29, 0.717) is 38.7 Å². The van der Waals surface area contributed by atoms with Gasteiger partial charge in [-0.1, -0.05) is 24.8 Å². The highest BCUT2D eigenvalue weighted by atomic mass is 32.2. The van der Waals surface area contributed by atoms with E-state index in [1.165, 1.54) is 6.08 Å². The third-order valence-corrected chi connectivity index (χ3v) is 10.3. The normalized spacial score (nSPS) is 21.8. The zero-order chi connectivity index (χ0) is 28.6. The Morgan fingerprint density at radius 1 is 1.20 bits per heavy atom. The summed E-state index contributed by atoms with van der Waals surface area (Å²) in [7, 11) is 1.98. The van der Waals surface area contributed by atoms with Crippen molar-refractivity contribution in [1.82, 2.24) is 24.2 Å². The minimum absolute atomic E-state index is 0.0498. The van der Waals surface area contributed by atoms with Gasteiger partial charge in [0.2, 0.25) is 5.91 Å². The summed E-state index contributed by atoms with van der Waals surface area (Å²) < 4.78 is 9.51. The third-order valence-electron chi connectivity index (χ3n) is 8.91. The zero-order valence-electron chi connectivity index (χ0n) is 23.9. The fraction of sp³-hybridized carbons (Fsp3) is 0.419. The maximum absolute atomic E-state index is 13.9.